The highest BCUT2D eigenvalue weighted by atomic mass is 16.2. The Balaban J connectivity index is 0.000000208. The fourth-order valence-corrected chi connectivity index (χ4v) is 4.37. The molecular weight excluding hydrogens is 488 g/mol. The van der Waals surface area contributed by atoms with E-state index in [2.05, 4.69) is 54.1 Å². The Morgan fingerprint density at radius 1 is 0.974 bits per heavy atom. The quantitative estimate of drug-likeness (QED) is 0.225. The number of nitrogen functional groups attached to an aromatic ring is 1. The first-order valence-corrected chi connectivity index (χ1v) is 14.3. The third kappa shape index (κ3) is 13.4. The van der Waals surface area contributed by atoms with Crippen molar-refractivity contribution in [2.24, 2.45) is 0 Å². The van der Waals surface area contributed by atoms with Gasteiger partial charge in [-0.25, -0.2) is 0 Å². The van der Waals surface area contributed by atoms with E-state index < -0.39 is 0 Å². The van der Waals surface area contributed by atoms with Crippen LogP contribution < -0.4 is 21.7 Å². The van der Waals surface area contributed by atoms with Gasteiger partial charge in [0.25, 0.3) is 0 Å². The number of hydrogen-bond acceptors (Lipinski definition) is 6. The molecule has 0 aromatic heterocycles. The summed E-state index contributed by atoms with van der Waals surface area (Å²) in [7, 11) is 0. The summed E-state index contributed by atoms with van der Waals surface area (Å²) in [5, 5.41) is 16.6. The molecule has 0 spiro atoms. The van der Waals surface area contributed by atoms with Crippen LogP contribution >= 0.6 is 0 Å². The third-order valence-corrected chi connectivity index (χ3v) is 6.87. The lowest BCUT2D eigenvalue weighted by Gasteiger charge is -2.11. The van der Waals surface area contributed by atoms with E-state index in [0.29, 0.717) is 17.8 Å². The first-order chi connectivity index (χ1) is 18.9. The van der Waals surface area contributed by atoms with Gasteiger partial charge in [-0.3, -0.25) is 9.59 Å². The van der Waals surface area contributed by atoms with Crippen molar-refractivity contribution in [1.82, 2.24) is 20.9 Å². The van der Waals surface area contributed by atoms with E-state index in [0.717, 1.165) is 44.4 Å². The van der Waals surface area contributed by atoms with E-state index in [4.69, 9.17) is 11.1 Å². The lowest BCUT2D eigenvalue weighted by atomic mass is 10.1. The lowest BCUT2D eigenvalue weighted by Crippen LogP contribution is -2.40. The molecule has 0 saturated carbocycles. The number of nitrogens with zero attached hydrogens (tertiary/aromatic N) is 1. The molecule has 1 unspecified atom stereocenters. The van der Waals surface area contributed by atoms with Crippen molar-refractivity contribution in [2.75, 3.05) is 38.5 Å². The largest absolute Gasteiger partial charge is 0.398 e. The summed E-state index contributed by atoms with van der Waals surface area (Å²) >= 11 is 0. The van der Waals surface area contributed by atoms with Gasteiger partial charge in [-0.2, -0.15) is 0 Å². The molecule has 3 aliphatic heterocycles. The van der Waals surface area contributed by atoms with Gasteiger partial charge in [0.1, 0.15) is 0 Å². The smallest absolute Gasteiger partial charge is 0.237 e. The molecule has 2 aromatic carbocycles. The predicted octanol–water partition coefficient (Wildman–Crippen LogP) is 3.94. The highest BCUT2D eigenvalue weighted by molar-refractivity contribution is 5.85. The van der Waals surface area contributed by atoms with Crippen LogP contribution in [0.1, 0.15) is 67.2 Å². The van der Waals surface area contributed by atoms with E-state index >= 15 is 0 Å². The zero-order valence-electron chi connectivity index (χ0n) is 23.8. The molecule has 0 aliphatic carbocycles. The number of amides is 2. The van der Waals surface area contributed by atoms with Crippen LogP contribution in [0.3, 0.4) is 0 Å². The summed E-state index contributed by atoms with van der Waals surface area (Å²) in [5.41, 5.74) is 10.6. The van der Waals surface area contributed by atoms with Crippen molar-refractivity contribution < 1.29 is 9.59 Å². The third-order valence-electron chi connectivity index (χ3n) is 6.87. The van der Waals surface area contributed by atoms with Crippen LogP contribution in [-0.4, -0.2) is 62.2 Å². The van der Waals surface area contributed by atoms with E-state index in [9.17, 15) is 9.59 Å². The normalized spacial score (nSPS) is 17.8. The van der Waals surface area contributed by atoms with E-state index in [1.165, 1.54) is 62.5 Å². The van der Waals surface area contributed by atoms with Gasteiger partial charge in [0, 0.05) is 37.1 Å². The number of aryl methyl sites for hydroxylation is 2. The molecule has 1 atom stereocenters. The molecule has 0 bridgehead atoms. The van der Waals surface area contributed by atoms with Crippen LogP contribution in [0.2, 0.25) is 0 Å². The van der Waals surface area contributed by atoms with Crippen molar-refractivity contribution in [3.05, 3.63) is 64.7 Å². The van der Waals surface area contributed by atoms with Crippen LogP contribution in [0.4, 0.5) is 5.69 Å². The van der Waals surface area contributed by atoms with Crippen molar-refractivity contribution in [1.29, 1.82) is 5.41 Å². The Morgan fingerprint density at radius 3 is 2.05 bits per heavy atom. The number of nitrogens with two attached hydrogens (primary N) is 1. The van der Waals surface area contributed by atoms with Crippen LogP contribution in [0.25, 0.3) is 0 Å². The van der Waals surface area contributed by atoms with Gasteiger partial charge < -0.3 is 32.0 Å². The van der Waals surface area contributed by atoms with E-state index in [-0.39, 0.29) is 11.9 Å². The zero-order chi connectivity index (χ0) is 28.3. The molecule has 2 amide bonds. The van der Waals surface area contributed by atoms with Crippen LogP contribution in [0.15, 0.2) is 42.5 Å². The summed E-state index contributed by atoms with van der Waals surface area (Å²) in [6.07, 6.45) is 10.7. The highest BCUT2D eigenvalue weighted by Crippen LogP contribution is 2.12. The Kier molecular flexibility index (Phi) is 15.5. The second-order valence-corrected chi connectivity index (χ2v) is 10.3. The molecule has 6 N–H and O–H groups in total. The van der Waals surface area contributed by atoms with Crippen molar-refractivity contribution >= 4 is 24.2 Å². The minimum Gasteiger partial charge on any atom is -0.398 e. The molecule has 8 nitrogen and oxygen atoms in total. The fourth-order valence-electron chi connectivity index (χ4n) is 4.37. The van der Waals surface area contributed by atoms with Gasteiger partial charge in [0.15, 0.2) is 0 Å². The predicted molar refractivity (Wildman–Crippen MR) is 161 cm³/mol. The first-order valence-electron chi connectivity index (χ1n) is 14.3. The van der Waals surface area contributed by atoms with Gasteiger partial charge in [-0.1, -0.05) is 47.9 Å². The number of anilines is 1. The second-order valence-electron chi connectivity index (χ2n) is 10.3. The molecule has 2 aromatic rings. The molecule has 8 heteroatoms. The molecule has 3 saturated heterocycles. The lowest BCUT2D eigenvalue weighted by molar-refractivity contribution is -0.123. The van der Waals surface area contributed by atoms with Gasteiger partial charge in [-0.05, 0) is 89.7 Å². The maximum Gasteiger partial charge on any atom is 0.237 e. The van der Waals surface area contributed by atoms with Crippen molar-refractivity contribution in [3.63, 3.8) is 0 Å². The Morgan fingerprint density at radius 2 is 1.62 bits per heavy atom. The SMILES string of the molecule is C1CCNCC1.Cc1ccc(C)cc1.N=Cc1cc(CNC(=O)C2CCCN2)ccc1N.O=CN1CCCC1. The van der Waals surface area contributed by atoms with Gasteiger partial charge in [0.05, 0.1) is 6.04 Å². The molecular formula is C31H48N6O2. The first kappa shape index (κ1) is 32.0. The van der Waals surface area contributed by atoms with E-state index in [1.807, 2.05) is 12.1 Å². The number of likely N-dealkylation sites (tertiary alicyclic amines) is 1. The minimum atomic E-state index is -0.0546. The maximum atomic E-state index is 11.8. The summed E-state index contributed by atoms with van der Waals surface area (Å²) < 4.78 is 0. The highest BCUT2D eigenvalue weighted by Gasteiger charge is 2.21. The molecule has 39 heavy (non-hydrogen) atoms. The minimum absolute atomic E-state index is 0.0423. The molecule has 3 aliphatic rings. The molecule has 3 heterocycles. The number of benzene rings is 2. The van der Waals surface area contributed by atoms with Crippen molar-refractivity contribution in [2.45, 2.75) is 71.4 Å². The average molecular weight is 537 g/mol. The maximum absolute atomic E-state index is 11.8. The fraction of sp³-hybridized carbons (Fsp3) is 0.516. The Labute approximate surface area is 234 Å². The topological polar surface area (TPSA) is 123 Å². The number of carbonyl (C=O) groups is 2. The van der Waals surface area contributed by atoms with Gasteiger partial charge >= 0.3 is 0 Å². The van der Waals surface area contributed by atoms with Gasteiger partial charge in [-0.15, -0.1) is 0 Å². The number of nitrogens with one attached hydrogen (secondary N) is 4. The number of rotatable bonds is 5. The van der Waals surface area contributed by atoms with Crippen molar-refractivity contribution in [3.8, 4) is 0 Å². The monoisotopic (exact) mass is 536 g/mol. The molecule has 214 valence electrons. The summed E-state index contributed by atoms with van der Waals surface area (Å²) in [6, 6.07) is 13.9. The summed E-state index contributed by atoms with van der Waals surface area (Å²) in [4.78, 5) is 23.5. The number of carbonyl (C=O) groups excluding carboxylic acids is 2. The Hall–Kier alpha value is -3.23. The Bertz CT molecular complexity index is 947. The number of piperidine rings is 1. The number of hydrogen-bond donors (Lipinski definition) is 5. The van der Waals surface area contributed by atoms with E-state index in [1.54, 1.807) is 11.0 Å². The summed E-state index contributed by atoms with van der Waals surface area (Å²) in [5.74, 6) is 0.0423. The molecule has 3 fully saturated rings. The summed E-state index contributed by atoms with van der Waals surface area (Å²) in [6.45, 7) is 10.0. The average Bonchev–Trinajstić information content (AvgIpc) is 3.71. The van der Waals surface area contributed by atoms with Crippen LogP contribution in [0.5, 0.6) is 0 Å². The van der Waals surface area contributed by atoms with Crippen LogP contribution in [0, 0.1) is 19.3 Å². The molecule has 0 radical (unpaired) electrons. The van der Waals surface area contributed by atoms with Crippen LogP contribution in [-0.2, 0) is 16.1 Å². The zero-order valence-corrected chi connectivity index (χ0v) is 23.8. The standard InChI is InChI=1S/C13H18N4O.C8H10.C5H9NO.C5H11N/c14-7-10-6-9(3-4-11(10)15)8-17-13(18)12-2-1-5-16-12;1-7-3-5-8(2)6-4-7;7-5-6-3-1-2-4-6;1-2-4-6-5-3-1/h3-4,6-7,12,14,16H,1-2,5,8,15H2,(H,17,18);3-6H,1-2H3;5H,1-4H2;6H,1-5H2. The second kappa shape index (κ2) is 18.9. The molecule has 5 rings (SSSR count). The van der Waals surface area contributed by atoms with Gasteiger partial charge in [0.2, 0.25) is 12.3 Å².